The van der Waals surface area contributed by atoms with Crippen LogP contribution < -0.4 is 4.90 Å². The average molecular weight is 215 g/mol. The maximum Gasteiger partial charge on any atom is 0.0364 e. The van der Waals surface area contributed by atoms with E-state index in [4.69, 9.17) is 0 Å². The van der Waals surface area contributed by atoms with Crippen molar-refractivity contribution in [2.75, 3.05) is 19.0 Å². The third kappa shape index (κ3) is 2.99. The predicted octanol–water partition coefficient (Wildman–Crippen LogP) is 4.04. The molecule has 0 saturated heterocycles. The molecular weight excluding hydrogens is 194 g/mol. The van der Waals surface area contributed by atoms with Crippen LogP contribution in [-0.2, 0) is 0 Å². The first-order chi connectivity index (χ1) is 7.41. The second-order valence-corrected chi connectivity index (χ2v) is 4.57. The Kier molecular flexibility index (Phi) is 3.94. The first-order valence-corrected chi connectivity index (χ1v) is 5.54. The van der Waals surface area contributed by atoms with Crippen molar-refractivity contribution in [3.8, 4) is 0 Å². The Balaban J connectivity index is 3.13. The first-order valence-electron chi connectivity index (χ1n) is 5.54. The normalized spacial score (nSPS) is 11.4. The lowest BCUT2D eigenvalue weighted by atomic mass is 9.99. The molecule has 16 heavy (non-hydrogen) atoms. The van der Waals surface area contributed by atoms with Gasteiger partial charge >= 0.3 is 0 Å². The van der Waals surface area contributed by atoms with Crippen LogP contribution in [0, 0.1) is 6.92 Å². The highest BCUT2D eigenvalue weighted by molar-refractivity contribution is 5.70. The number of aryl methyl sites for hydroxylation is 1. The van der Waals surface area contributed by atoms with Gasteiger partial charge in [-0.3, -0.25) is 0 Å². The molecule has 0 spiro atoms. The molecule has 0 radical (unpaired) electrons. The van der Waals surface area contributed by atoms with Crippen LogP contribution in [0.5, 0.6) is 0 Å². The molecule has 1 rings (SSSR count). The molecule has 0 heterocycles. The summed E-state index contributed by atoms with van der Waals surface area (Å²) in [6, 6.07) is 6.54. The standard InChI is InChI=1S/C15H21N/c1-11(2)9-12(3)15-8-7-14(16(5)6)10-13(15)4/h7-10H,1H2,2-6H3/b12-9-. The van der Waals surface area contributed by atoms with E-state index in [1.54, 1.807) is 0 Å². The Labute approximate surface area is 99.1 Å². The minimum absolute atomic E-state index is 1.09. The molecule has 0 aliphatic carbocycles. The number of hydrogen-bond donors (Lipinski definition) is 0. The predicted molar refractivity (Wildman–Crippen MR) is 74.0 cm³/mol. The van der Waals surface area contributed by atoms with Gasteiger partial charge in [0.15, 0.2) is 0 Å². The highest BCUT2D eigenvalue weighted by Crippen LogP contribution is 2.23. The lowest BCUT2D eigenvalue weighted by Gasteiger charge is -2.15. The second kappa shape index (κ2) is 5.02. The average Bonchev–Trinajstić information content (AvgIpc) is 2.15. The van der Waals surface area contributed by atoms with Crippen molar-refractivity contribution in [1.29, 1.82) is 0 Å². The van der Waals surface area contributed by atoms with Crippen molar-refractivity contribution in [3.63, 3.8) is 0 Å². The van der Waals surface area contributed by atoms with Crippen LogP contribution in [0.4, 0.5) is 5.69 Å². The van der Waals surface area contributed by atoms with Gasteiger partial charge in [0.25, 0.3) is 0 Å². The Morgan fingerprint density at radius 2 is 1.88 bits per heavy atom. The third-order valence-corrected chi connectivity index (χ3v) is 2.61. The minimum Gasteiger partial charge on any atom is -0.378 e. The fourth-order valence-electron chi connectivity index (χ4n) is 1.82. The van der Waals surface area contributed by atoms with Gasteiger partial charge in [0.05, 0.1) is 0 Å². The molecule has 0 N–H and O–H groups in total. The summed E-state index contributed by atoms with van der Waals surface area (Å²) in [6.07, 6.45) is 2.12. The van der Waals surface area contributed by atoms with Crippen molar-refractivity contribution in [3.05, 3.63) is 47.6 Å². The summed E-state index contributed by atoms with van der Waals surface area (Å²) in [5.74, 6) is 0. The maximum atomic E-state index is 3.91. The lowest BCUT2D eigenvalue weighted by Crippen LogP contribution is -2.08. The van der Waals surface area contributed by atoms with Crippen molar-refractivity contribution in [2.45, 2.75) is 20.8 Å². The Bertz CT molecular complexity index is 425. The fourth-order valence-corrected chi connectivity index (χ4v) is 1.82. The zero-order chi connectivity index (χ0) is 12.3. The molecule has 1 aromatic rings. The molecule has 1 aromatic carbocycles. The molecule has 0 aliphatic heterocycles. The Morgan fingerprint density at radius 3 is 2.31 bits per heavy atom. The van der Waals surface area contributed by atoms with E-state index in [9.17, 15) is 0 Å². The molecule has 0 atom stereocenters. The summed E-state index contributed by atoms with van der Waals surface area (Å²) in [5.41, 5.74) is 6.21. The third-order valence-electron chi connectivity index (χ3n) is 2.61. The van der Waals surface area contributed by atoms with E-state index in [0.29, 0.717) is 0 Å². The zero-order valence-electron chi connectivity index (χ0n) is 11.0. The van der Waals surface area contributed by atoms with Crippen LogP contribution in [0.3, 0.4) is 0 Å². The molecule has 0 aliphatic rings. The van der Waals surface area contributed by atoms with Gasteiger partial charge in [-0.25, -0.2) is 0 Å². The smallest absolute Gasteiger partial charge is 0.0364 e. The van der Waals surface area contributed by atoms with Gasteiger partial charge in [0.2, 0.25) is 0 Å². The first kappa shape index (κ1) is 12.6. The molecule has 1 heteroatoms. The van der Waals surface area contributed by atoms with E-state index in [2.05, 4.69) is 63.7 Å². The van der Waals surface area contributed by atoms with Crippen molar-refractivity contribution < 1.29 is 0 Å². The quantitative estimate of drug-likeness (QED) is 0.688. The molecule has 0 aromatic heterocycles. The van der Waals surface area contributed by atoms with Crippen molar-refractivity contribution >= 4 is 11.3 Å². The van der Waals surface area contributed by atoms with Crippen molar-refractivity contribution in [1.82, 2.24) is 0 Å². The number of allylic oxidation sites excluding steroid dienone is 3. The number of benzene rings is 1. The maximum absolute atomic E-state index is 3.91. The van der Waals surface area contributed by atoms with Crippen LogP contribution in [0.1, 0.15) is 25.0 Å². The van der Waals surface area contributed by atoms with Crippen LogP contribution >= 0.6 is 0 Å². The zero-order valence-corrected chi connectivity index (χ0v) is 11.0. The highest BCUT2D eigenvalue weighted by Gasteiger charge is 2.03. The van der Waals surface area contributed by atoms with Crippen LogP contribution in [0.2, 0.25) is 0 Å². The summed E-state index contributed by atoms with van der Waals surface area (Å²) in [4.78, 5) is 2.12. The van der Waals surface area contributed by atoms with E-state index >= 15 is 0 Å². The van der Waals surface area contributed by atoms with Gasteiger partial charge in [-0.2, -0.15) is 0 Å². The van der Waals surface area contributed by atoms with Gasteiger partial charge in [0, 0.05) is 19.8 Å². The SMILES string of the molecule is C=C(C)/C=C(/C)c1ccc(N(C)C)cc1C. The Morgan fingerprint density at radius 1 is 1.25 bits per heavy atom. The second-order valence-electron chi connectivity index (χ2n) is 4.57. The van der Waals surface area contributed by atoms with Gasteiger partial charge in [-0.05, 0) is 49.6 Å². The molecule has 0 saturated carbocycles. The Hall–Kier alpha value is -1.50. The summed E-state index contributed by atoms with van der Waals surface area (Å²) >= 11 is 0. The number of anilines is 1. The minimum atomic E-state index is 1.09. The summed E-state index contributed by atoms with van der Waals surface area (Å²) in [7, 11) is 4.12. The van der Waals surface area contributed by atoms with Crippen molar-refractivity contribution in [2.24, 2.45) is 0 Å². The van der Waals surface area contributed by atoms with Gasteiger partial charge in [-0.1, -0.05) is 24.3 Å². The van der Waals surface area contributed by atoms with Crippen LogP contribution in [-0.4, -0.2) is 14.1 Å². The molecule has 1 nitrogen and oxygen atoms in total. The molecule has 0 amide bonds. The largest absolute Gasteiger partial charge is 0.378 e. The number of nitrogens with zero attached hydrogens (tertiary/aromatic N) is 1. The fraction of sp³-hybridized carbons (Fsp3) is 0.333. The van der Waals surface area contributed by atoms with Gasteiger partial charge < -0.3 is 4.90 Å². The van der Waals surface area contributed by atoms with E-state index < -0.39 is 0 Å². The van der Waals surface area contributed by atoms with Crippen LogP contribution in [0.15, 0.2) is 36.4 Å². The van der Waals surface area contributed by atoms with E-state index in [1.807, 2.05) is 6.92 Å². The van der Waals surface area contributed by atoms with Crippen LogP contribution in [0.25, 0.3) is 5.57 Å². The highest BCUT2D eigenvalue weighted by atomic mass is 15.1. The van der Waals surface area contributed by atoms with Gasteiger partial charge in [-0.15, -0.1) is 0 Å². The summed E-state index contributed by atoms with van der Waals surface area (Å²) in [5, 5.41) is 0. The lowest BCUT2D eigenvalue weighted by molar-refractivity contribution is 1.13. The van der Waals surface area contributed by atoms with E-state index in [-0.39, 0.29) is 0 Å². The monoisotopic (exact) mass is 215 g/mol. The molecular formula is C15H21N. The molecule has 0 unspecified atom stereocenters. The van der Waals surface area contributed by atoms with E-state index in [0.717, 1.165) is 5.57 Å². The summed E-state index contributed by atoms with van der Waals surface area (Å²) in [6.45, 7) is 10.2. The molecule has 0 bridgehead atoms. The molecule has 0 fully saturated rings. The van der Waals surface area contributed by atoms with Gasteiger partial charge in [0.1, 0.15) is 0 Å². The molecule has 86 valence electrons. The number of hydrogen-bond acceptors (Lipinski definition) is 1. The number of rotatable bonds is 3. The topological polar surface area (TPSA) is 3.24 Å². The summed E-state index contributed by atoms with van der Waals surface area (Å²) < 4.78 is 0. The van der Waals surface area contributed by atoms with E-state index in [1.165, 1.54) is 22.4 Å².